The van der Waals surface area contributed by atoms with Gasteiger partial charge in [0.15, 0.2) is 0 Å². The molecule has 0 radical (unpaired) electrons. The van der Waals surface area contributed by atoms with Gasteiger partial charge in [0, 0.05) is 36.7 Å². The van der Waals surface area contributed by atoms with Crippen molar-refractivity contribution >= 4 is 11.3 Å². The van der Waals surface area contributed by atoms with Crippen LogP contribution in [-0.2, 0) is 11.3 Å². The minimum Gasteiger partial charge on any atom is -0.381 e. The second kappa shape index (κ2) is 5.27. The Balaban J connectivity index is 1.77. The molecule has 0 atom stereocenters. The number of aryl methyl sites for hydroxylation is 1. The second-order valence-corrected chi connectivity index (χ2v) is 5.61. The van der Waals surface area contributed by atoms with Crippen molar-refractivity contribution in [2.75, 3.05) is 19.8 Å². The molecule has 0 aliphatic carbocycles. The van der Waals surface area contributed by atoms with Gasteiger partial charge in [-0.25, -0.2) is 0 Å². The Kier molecular flexibility index (Phi) is 3.97. The highest BCUT2D eigenvalue weighted by atomic mass is 32.1. The zero-order valence-electron chi connectivity index (χ0n) is 9.79. The number of rotatable bonds is 4. The zero-order valence-corrected chi connectivity index (χ0v) is 10.6. The summed E-state index contributed by atoms with van der Waals surface area (Å²) in [6, 6.07) is 2.16. The molecule has 16 heavy (non-hydrogen) atoms. The van der Waals surface area contributed by atoms with Crippen molar-refractivity contribution in [3.8, 4) is 0 Å². The van der Waals surface area contributed by atoms with Crippen LogP contribution in [0.4, 0.5) is 0 Å². The van der Waals surface area contributed by atoms with Crippen molar-refractivity contribution < 1.29 is 4.74 Å². The molecule has 0 spiro atoms. The first-order valence-corrected chi connectivity index (χ1v) is 6.68. The van der Waals surface area contributed by atoms with E-state index in [0.717, 1.165) is 39.1 Å². The van der Waals surface area contributed by atoms with Crippen LogP contribution >= 0.6 is 11.3 Å². The first kappa shape index (κ1) is 12.0. The van der Waals surface area contributed by atoms with Crippen molar-refractivity contribution in [3.63, 3.8) is 0 Å². The van der Waals surface area contributed by atoms with Gasteiger partial charge in [-0.15, -0.1) is 11.3 Å². The molecule has 1 aliphatic heterocycles. The van der Waals surface area contributed by atoms with Crippen molar-refractivity contribution in [1.82, 2.24) is 5.32 Å². The third-order valence-electron chi connectivity index (χ3n) is 3.22. The topological polar surface area (TPSA) is 47.3 Å². The minimum absolute atomic E-state index is 0.0661. The standard InChI is InChI=1S/C12H20N2OS/c1-10-2-7-16-11(10)8-14-9-12(13)3-5-15-6-4-12/h2,7,14H,3-6,8-9,13H2,1H3. The van der Waals surface area contributed by atoms with E-state index in [1.54, 1.807) is 0 Å². The van der Waals surface area contributed by atoms with Crippen LogP contribution in [0.25, 0.3) is 0 Å². The van der Waals surface area contributed by atoms with Crippen LogP contribution in [0.1, 0.15) is 23.3 Å². The zero-order chi connectivity index (χ0) is 11.4. The van der Waals surface area contributed by atoms with Gasteiger partial charge in [0.1, 0.15) is 0 Å². The maximum Gasteiger partial charge on any atom is 0.0484 e. The predicted molar refractivity (Wildman–Crippen MR) is 67.7 cm³/mol. The van der Waals surface area contributed by atoms with E-state index < -0.39 is 0 Å². The summed E-state index contributed by atoms with van der Waals surface area (Å²) >= 11 is 1.81. The molecule has 3 nitrogen and oxygen atoms in total. The lowest BCUT2D eigenvalue weighted by Gasteiger charge is -2.33. The summed E-state index contributed by atoms with van der Waals surface area (Å²) in [5.41, 5.74) is 7.60. The Morgan fingerprint density at radius 2 is 2.25 bits per heavy atom. The van der Waals surface area contributed by atoms with Crippen molar-refractivity contribution in [1.29, 1.82) is 0 Å². The van der Waals surface area contributed by atoms with Crippen molar-refractivity contribution in [3.05, 3.63) is 21.9 Å². The van der Waals surface area contributed by atoms with Crippen LogP contribution < -0.4 is 11.1 Å². The average Bonchev–Trinajstić information content (AvgIpc) is 2.65. The minimum atomic E-state index is -0.0661. The maximum absolute atomic E-state index is 6.30. The predicted octanol–water partition coefficient (Wildman–Crippen LogP) is 1.65. The molecule has 90 valence electrons. The Hall–Kier alpha value is -0.420. The van der Waals surface area contributed by atoms with Crippen LogP contribution in [0.15, 0.2) is 11.4 Å². The highest BCUT2D eigenvalue weighted by Crippen LogP contribution is 2.18. The molecule has 1 saturated heterocycles. The van der Waals surface area contributed by atoms with E-state index in [-0.39, 0.29) is 5.54 Å². The monoisotopic (exact) mass is 240 g/mol. The molecule has 0 bridgehead atoms. The molecule has 1 fully saturated rings. The van der Waals surface area contributed by atoms with Gasteiger partial charge in [-0.1, -0.05) is 0 Å². The lowest BCUT2D eigenvalue weighted by molar-refractivity contribution is 0.0531. The largest absolute Gasteiger partial charge is 0.381 e. The number of hydrogen-bond donors (Lipinski definition) is 2. The Bertz CT molecular complexity index is 332. The van der Waals surface area contributed by atoms with E-state index in [0.29, 0.717) is 0 Å². The molecule has 1 aliphatic rings. The molecule has 1 aromatic heterocycles. The highest BCUT2D eigenvalue weighted by molar-refractivity contribution is 7.10. The Morgan fingerprint density at radius 1 is 1.50 bits per heavy atom. The molecule has 3 N–H and O–H groups in total. The van der Waals surface area contributed by atoms with Crippen LogP contribution in [0.3, 0.4) is 0 Å². The Labute approximate surface area is 101 Å². The summed E-state index contributed by atoms with van der Waals surface area (Å²) in [4.78, 5) is 1.41. The smallest absolute Gasteiger partial charge is 0.0484 e. The summed E-state index contributed by atoms with van der Waals surface area (Å²) < 4.78 is 5.33. The van der Waals surface area contributed by atoms with Crippen LogP contribution in [0.5, 0.6) is 0 Å². The van der Waals surface area contributed by atoms with E-state index in [9.17, 15) is 0 Å². The van der Waals surface area contributed by atoms with Gasteiger partial charge in [0.2, 0.25) is 0 Å². The third-order valence-corrected chi connectivity index (χ3v) is 4.24. The molecule has 2 heterocycles. The fraction of sp³-hybridized carbons (Fsp3) is 0.667. The van der Waals surface area contributed by atoms with E-state index in [1.807, 2.05) is 11.3 Å². The summed E-state index contributed by atoms with van der Waals surface area (Å²) in [5, 5.41) is 5.61. The quantitative estimate of drug-likeness (QED) is 0.841. The number of ether oxygens (including phenoxy) is 1. The SMILES string of the molecule is Cc1ccsc1CNCC1(N)CCOCC1. The highest BCUT2D eigenvalue weighted by Gasteiger charge is 2.27. The van der Waals surface area contributed by atoms with Crippen LogP contribution in [-0.4, -0.2) is 25.3 Å². The van der Waals surface area contributed by atoms with Gasteiger partial charge in [0.25, 0.3) is 0 Å². The van der Waals surface area contributed by atoms with Crippen LogP contribution in [0, 0.1) is 6.92 Å². The first-order valence-electron chi connectivity index (χ1n) is 5.80. The van der Waals surface area contributed by atoms with E-state index in [2.05, 4.69) is 23.7 Å². The summed E-state index contributed by atoms with van der Waals surface area (Å²) in [7, 11) is 0. The summed E-state index contributed by atoms with van der Waals surface area (Å²) in [6.45, 7) is 5.57. The normalized spacial score (nSPS) is 19.9. The van der Waals surface area contributed by atoms with Gasteiger partial charge in [-0.2, -0.15) is 0 Å². The molecule has 0 saturated carbocycles. The molecule has 0 aromatic carbocycles. The number of nitrogens with two attached hydrogens (primary N) is 1. The number of thiophene rings is 1. The van der Waals surface area contributed by atoms with Gasteiger partial charge in [-0.3, -0.25) is 0 Å². The molecule has 1 aromatic rings. The van der Waals surface area contributed by atoms with Crippen molar-refractivity contribution in [2.45, 2.75) is 31.8 Å². The molecular weight excluding hydrogens is 220 g/mol. The van der Waals surface area contributed by atoms with Gasteiger partial charge in [0.05, 0.1) is 0 Å². The average molecular weight is 240 g/mol. The number of nitrogens with one attached hydrogen (secondary N) is 1. The van der Waals surface area contributed by atoms with E-state index >= 15 is 0 Å². The lowest BCUT2D eigenvalue weighted by Crippen LogP contribution is -2.52. The fourth-order valence-electron chi connectivity index (χ4n) is 1.96. The molecule has 2 rings (SSSR count). The lowest BCUT2D eigenvalue weighted by atomic mass is 9.91. The first-order chi connectivity index (χ1) is 7.70. The van der Waals surface area contributed by atoms with E-state index in [1.165, 1.54) is 10.4 Å². The molecule has 0 unspecified atom stereocenters. The Morgan fingerprint density at radius 3 is 2.88 bits per heavy atom. The summed E-state index contributed by atoms with van der Waals surface area (Å²) in [6.07, 6.45) is 1.92. The molecular formula is C12H20N2OS. The fourth-order valence-corrected chi connectivity index (χ4v) is 2.84. The van der Waals surface area contributed by atoms with E-state index in [4.69, 9.17) is 10.5 Å². The third kappa shape index (κ3) is 3.04. The maximum atomic E-state index is 6.30. The van der Waals surface area contributed by atoms with Crippen LogP contribution in [0.2, 0.25) is 0 Å². The second-order valence-electron chi connectivity index (χ2n) is 4.61. The summed E-state index contributed by atoms with van der Waals surface area (Å²) in [5.74, 6) is 0. The molecule has 4 heteroatoms. The molecule has 0 amide bonds. The van der Waals surface area contributed by atoms with Crippen molar-refractivity contribution in [2.24, 2.45) is 5.73 Å². The van der Waals surface area contributed by atoms with Gasteiger partial charge < -0.3 is 15.8 Å². The number of hydrogen-bond acceptors (Lipinski definition) is 4. The van der Waals surface area contributed by atoms with Gasteiger partial charge >= 0.3 is 0 Å². The van der Waals surface area contributed by atoms with Gasteiger partial charge in [-0.05, 0) is 36.8 Å².